The zero-order valence-electron chi connectivity index (χ0n) is 34.0. The summed E-state index contributed by atoms with van der Waals surface area (Å²) in [6.45, 7) is 17.6. The lowest BCUT2D eigenvalue weighted by molar-refractivity contribution is 0.482. The van der Waals surface area contributed by atoms with Crippen LogP contribution in [0.5, 0.6) is 23.0 Å². The van der Waals surface area contributed by atoms with E-state index in [4.69, 9.17) is 29.4 Å². The first-order valence-electron chi connectivity index (χ1n) is 19.9. The highest BCUT2D eigenvalue weighted by molar-refractivity contribution is 6.09. The average Bonchev–Trinajstić information content (AvgIpc) is 3.53. The maximum Gasteiger partial charge on any atom is 0.234 e. The Kier molecular flexibility index (Phi) is 10.3. The molecule has 7 nitrogen and oxygen atoms in total. The maximum absolute atomic E-state index is 6.69. The van der Waals surface area contributed by atoms with Gasteiger partial charge in [-0.05, 0) is 137 Å². The molecule has 0 atom stereocenters. The van der Waals surface area contributed by atoms with Crippen molar-refractivity contribution in [2.75, 3.05) is 0 Å². The highest BCUT2D eigenvalue weighted by Gasteiger charge is 2.18. The molecule has 0 aliphatic heterocycles. The molecule has 4 aromatic heterocycles. The fourth-order valence-corrected chi connectivity index (χ4v) is 7.25. The molecule has 0 aliphatic rings. The quantitative estimate of drug-likeness (QED) is 0.131. The van der Waals surface area contributed by atoms with E-state index in [0.29, 0.717) is 41.1 Å². The topological polar surface area (TPSA) is 75.0 Å². The number of hydrogen-bond donors (Lipinski definition) is 0. The molecule has 57 heavy (non-hydrogen) atoms. The SMILES string of the molecule is CC(C)c1cc(Oc2ccc3c4ccc(Oc5cc(-c6cc(C(C)C)ccn6)cc(C(C)C)c5)cc4n(-c4ncccn4)c3c2)cc(-c2cc(C(C)C)ccn2)c1. The first kappa shape index (κ1) is 37.6. The average molecular weight is 752 g/mol. The Balaban J connectivity index is 1.20. The Bertz CT molecular complexity index is 2550. The van der Waals surface area contributed by atoms with E-state index in [-0.39, 0.29) is 0 Å². The van der Waals surface area contributed by atoms with Crippen molar-refractivity contribution < 1.29 is 9.47 Å². The van der Waals surface area contributed by atoms with Crippen LogP contribution in [-0.2, 0) is 0 Å². The van der Waals surface area contributed by atoms with E-state index in [2.05, 4.69) is 145 Å². The second kappa shape index (κ2) is 15.7. The number of hydrogen-bond acceptors (Lipinski definition) is 6. The molecule has 0 radical (unpaired) electrons. The zero-order valence-corrected chi connectivity index (χ0v) is 34.0. The third kappa shape index (κ3) is 7.88. The minimum Gasteiger partial charge on any atom is -0.457 e. The summed E-state index contributed by atoms with van der Waals surface area (Å²) in [5.41, 5.74) is 10.7. The van der Waals surface area contributed by atoms with E-state index >= 15 is 0 Å². The zero-order chi connectivity index (χ0) is 39.8. The molecule has 4 heterocycles. The van der Waals surface area contributed by atoms with Gasteiger partial charge in [-0.25, -0.2) is 9.97 Å². The molecular weight excluding hydrogens is 703 g/mol. The van der Waals surface area contributed by atoms with Crippen LogP contribution in [0.15, 0.2) is 128 Å². The molecule has 0 amide bonds. The van der Waals surface area contributed by atoms with Crippen LogP contribution in [0.2, 0.25) is 0 Å². The van der Waals surface area contributed by atoms with Crippen molar-refractivity contribution in [2.24, 2.45) is 0 Å². The van der Waals surface area contributed by atoms with Gasteiger partial charge in [-0.3, -0.25) is 14.5 Å². The van der Waals surface area contributed by atoms with Crippen LogP contribution in [0.3, 0.4) is 0 Å². The van der Waals surface area contributed by atoms with E-state index in [1.54, 1.807) is 12.4 Å². The number of fused-ring (bicyclic) bond motifs is 3. The van der Waals surface area contributed by atoms with Crippen molar-refractivity contribution in [2.45, 2.75) is 79.1 Å². The summed E-state index contributed by atoms with van der Waals surface area (Å²) in [7, 11) is 0. The molecule has 7 heteroatoms. The molecule has 286 valence electrons. The first-order chi connectivity index (χ1) is 27.5. The third-order valence-corrected chi connectivity index (χ3v) is 10.6. The molecule has 8 aromatic rings. The lowest BCUT2D eigenvalue weighted by Gasteiger charge is -2.14. The lowest BCUT2D eigenvalue weighted by Crippen LogP contribution is -2.00. The molecule has 0 unspecified atom stereocenters. The van der Waals surface area contributed by atoms with Gasteiger partial charge in [0.05, 0.1) is 22.4 Å². The normalized spacial score (nSPS) is 11.8. The fraction of sp³-hybridized carbons (Fsp3) is 0.240. The van der Waals surface area contributed by atoms with E-state index < -0.39 is 0 Å². The van der Waals surface area contributed by atoms with Crippen molar-refractivity contribution in [1.82, 2.24) is 24.5 Å². The van der Waals surface area contributed by atoms with Crippen LogP contribution < -0.4 is 9.47 Å². The van der Waals surface area contributed by atoms with Crippen molar-refractivity contribution >= 4 is 21.8 Å². The van der Waals surface area contributed by atoms with E-state index in [1.165, 1.54) is 22.3 Å². The molecule has 0 fully saturated rings. The molecule has 0 saturated heterocycles. The lowest BCUT2D eigenvalue weighted by atomic mass is 9.97. The smallest absolute Gasteiger partial charge is 0.234 e. The molecule has 4 aromatic carbocycles. The monoisotopic (exact) mass is 751 g/mol. The molecular formula is C50H49N5O2. The summed E-state index contributed by atoms with van der Waals surface area (Å²) in [6, 6.07) is 35.7. The van der Waals surface area contributed by atoms with Gasteiger partial charge in [0.15, 0.2) is 0 Å². The summed E-state index contributed by atoms with van der Waals surface area (Å²) in [4.78, 5) is 18.9. The third-order valence-electron chi connectivity index (χ3n) is 10.6. The fourth-order valence-electron chi connectivity index (χ4n) is 7.25. The summed E-state index contributed by atoms with van der Waals surface area (Å²) < 4.78 is 15.5. The van der Waals surface area contributed by atoms with E-state index in [0.717, 1.165) is 55.8 Å². The van der Waals surface area contributed by atoms with Gasteiger partial charge >= 0.3 is 0 Å². The predicted molar refractivity (Wildman–Crippen MR) is 232 cm³/mol. The van der Waals surface area contributed by atoms with Crippen LogP contribution in [0.4, 0.5) is 0 Å². The van der Waals surface area contributed by atoms with Gasteiger partial charge < -0.3 is 9.47 Å². The minimum atomic E-state index is 0.310. The van der Waals surface area contributed by atoms with Gasteiger partial charge in [0.25, 0.3) is 0 Å². The minimum absolute atomic E-state index is 0.310. The Morgan fingerprint density at radius 3 is 1.26 bits per heavy atom. The van der Waals surface area contributed by atoms with Crippen LogP contribution in [0.25, 0.3) is 50.3 Å². The van der Waals surface area contributed by atoms with Crippen molar-refractivity contribution in [1.29, 1.82) is 0 Å². The molecule has 0 saturated carbocycles. The number of rotatable bonds is 11. The van der Waals surface area contributed by atoms with Gasteiger partial charge in [-0.1, -0.05) is 55.4 Å². The van der Waals surface area contributed by atoms with Crippen LogP contribution >= 0.6 is 0 Å². The van der Waals surface area contributed by atoms with Gasteiger partial charge in [-0.2, -0.15) is 0 Å². The highest BCUT2D eigenvalue weighted by Crippen LogP contribution is 2.39. The van der Waals surface area contributed by atoms with Crippen molar-refractivity contribution in [3.63, 3.8) is 0 Å². The second-order valence-corrected chi connectivity index (χ2v) is 16.1. The molecule has 0 aliphatic carbocycles. The van der Waals surface area contributed by atoms with Crippen molar-refractivity contribution in [3.8, 4) is 51.5 Å². The van der Waals surface area contributed by atoms with E-state index in [1.807, 2.05) is 30.6 Å². The first-order valence-corrected chi connectivity index (χ1v) is 19.9. The molecule has 0 bridgehead atoms. The van der Waals surface area contributed by atoms with E-state index in [9.17, 15) is 0 Å². The molecule has 8 rings (SSSR count). The molecule has 0 N–H and O–H groups in total. The largest absolute Gasteiger partial charge is 0.457 e. The summed E-state index contributed by atoms with van der Waals surface area (Å²) in [5, 5.41) is 2.12. The summed E-state index contributed by atoms with van der Waals surface area (Å²) in [5.74, 6) is 4.94. The highest BCUT2D eigenvalue weighted by atomic mass is 16.5. The Labute approximate surface area is 335 Å². The Morgan fingerprint density at radius 1 is 0.404 bits per heavy atom. The standard InChI is InChI=1S/C50H49N5O2/c1-30(2)34-14-18-51-46(26-34)38-20-36(32(5)6)22-42(24-38)56-40-10-12-44-45-13-11-41(29-49(45)55(48(44)28-40)50-53-16-9-17-54-50)57-43-23-37(33(7)8)21-39(25-43)47-27-35(31(3)4)15-19-52-47/h9-33H,1-8H3. The van der Waals surface area contributed by atoms with Crippen molar-refractivity contribution in [3.05, 3.63) is 150 Å². The van der Waals surface area contributed by atoms with Crippen LogP contribution in [-0.4, -0.2) is 24.5 Å². The van der Waals surface area contributed by atoms with Gasteiger partial charge in [0, 0.05) is 58.8 Å². The van der Waals surface area contributed by atoms with Gasteiger partial charge in [0.1, 0.15) is 23.0 Å². The number of benzene rings is 4. The summed E-state index contributed by atoms with van der Waals surface area (Å²) >= 11 is 0. The maximum atomic E-state index is 6.69. The van der Waals surface area contributed by atoms with Crippen LogP contribution in [0.1, 0.15) is 101 Å². The Hall–Kier alpha value is -6.34. The Morgan fingerprint density at radius 2 is 0.842 bits per heavy atom. The van der Waals surface area contributed by atoms with Gasteiger partial charge in [-0.15, -0.1) is 0 Å². The predicted octanol–water partition coefficient (Wildman–Crippen LogP) is 13.8. The second-order valence-electron chi connectivity index (χ2n) is 16.1. The number of pyridine rings is 2. The van der Waals surface area contributed by atoms with Crippen LogP contribution in [0, 0.1) is 0 Å². The number of ether oxygens (including phenoxy) is 2. The van der Waals surface area contributed by atoms with Gasteiger partial charge in [0.2, 0.25) is 5.95 Å². The number of nitrogens with zero attached hydrogens (tertiary/aromatic N) is 5. The molecule has 0 spiro atoms. The summed E-state index contributed by atoms with van der Waals surface area (Å²) in [6.07, 6.45) is 7.32. The number of aromatic nitrogens is 5.